The summed E-state index contributed by atoms with van der Waals surface area (Å²) in [6.07, 6.45) is 0. The van der Waals surface area contributed by atoms with Crippen molar-refractivity contribution in [1.29, 1.82) is 0 Å². The number of hydrogen-bond donors (Lipinski definition) is 1. The zero-order valence-electron chi connectivity index (χ0n) is 11.1. The van der Waals surface area contributed by atoms with Crippen molar-refractivity contribution in [2.75, 3.05) is 18.0 Å². The first-order chi connectivity index (χ1) is 9.15. The number of piperazine rings is 1. The molecule has 0 radical (unpaired) electrons. The molecule has 1 aliphatic heterocycles. The summed E-state index contributed by atoms with van der Waals surface area (Å²) in [6, 6.07) is 8.93. The topological polar surface area (TPSA) is 41.1 Å². The minimum atomic E-state index is 0.444. The Labute approximate surface area is 117 Å². The average molecular weight is 277 g/mol. The van der Waals surface area contributed by atoms with E-state index in [0.29, 0.717) is 17.2 Å². The van der Waals surface area contributed by atoms with Crippen molar-refractivity contribution in [3.8, 4) is 0 Å². The van der Waals surface area contributed by atoms with Gasteiger partial charge < -0.3 is 10.2 Å². The zero-order chi connectivity index (χ0) is 13.4. The standard InChI is InChI=1S/C14H17ClN4/c1-9-7-19(8-10(2)16-9)14-12-6-4-3-5-11(12)13(15)17-18-14/h3-6,9-10,16H,7-8H2,1-2H3/t9-,10+. The molecule has 19 heavy (non-hydrogen) atoms. The molecule has 1 fully saturated rings. The van der Waals surface area contributed by atoms with Crippen molar-refractivity contribution in [1.82, 2.24) is 15.5 Å². The summed E-state index contributed by atoms with van der Waals surface area (Å²) in [5, 5.41) is 14.4. The molecule has 3 rings (SSSR count). The number of aromatic nitrogens is 2. The zero-order valence-corrected chi connectivity index (χ0v) is 11.9. The normalized spacial score (nSPS) is 23.8. The van der Waals surface area contributed by atoms with Gasteiger partial charge in [0.2, 0.25) is 0 Å². The van der Waals surface area contributed by atoms with E-state index in [1.165, 1.54) is 0 Å². The Morgan fingerprint density at radius 3 is 2.42 bits per heavy atom. The van der Waals surface area contributed by atoms with Gasteiger partial charge in [0.05, 0.1) is 0 Å². The number of nitrogens with zero attached hydrogens (tertiary/aromatic N) is 3. The van der Waals surface area contributed by atoms with Gasteiger partial charge >= 0.3 is 0 Å². The molecule has 1 aromatic carbocycles. The lowest BCUT2D eigenvalue weighted by atomic mass is 10.1. The second kappa shape index (κ2) is 4.94. The van der Waals surface area contributed by atoms with Crippen molar-refractivity contribution in [3.05, 3.63) is 29.4 Å². The summed E-state index contributed by atoms with van der Waals surface area (Å²) < 4.78 is 0. The number of fused-ring (bicyclic) bond motifs is 1. The molecule has 0 aliphatic carbocycles. The first kappa shape index (κ1) is 12.6. The molecule has 0 bridgehead atoms. The van der Waals surface area contributed by atoms with Crippen LogP contribution in [0.2, 0.25) is 5.15 Å². The number of halogens is 1. The van der Waals surface area contributed by atoms with Gasteiger partial charge in [-0.2, -0.15) is 0 Å². The highest BCUT2D eigenvalue weighted by molar-refractivity contribution is 6.34. The Morgan fingerprint density at radius 2 is 1.74 bits per heavy atom. The molecule has 1 aliphatic rings. The van der Waals surface area contributed by atoms with E-state index in [0.717, 1.165) is 29.7 Å². The maximum Gasteiger partial charge on any atom is 0.159 e. The molecule has 0 amide bonds. The largest absolute Gasteiger partial charge is 0.352 e. The Bertz CT molecular complexity index is 591. The third-order valence-corrected chi connectivity index (χ3v) is 3.76. The van der Waals surface area contributed by atoms with Crippen LogP contribution >= 0.6 is 11.6 Å². The Morgan fingerprint density at radius 1 is 1.11 bits per heavy atom. The van der Waals surface area contributed by atoms with Crippen molar-refractivity contribution >= 4 is 28.2 Å². The van der Waals surface area contributed by atoms with Gasteiger partial charge in [0, 0.05) is 35.9 Å². The highest BCUT2D eigenvalue weighted by Gasteiger charge is 2.23. The number of benzene rings is 1. The smallest absolute Gasteiger partial charge is 0.159 e. The Kier molecular flexibility index (Phi) is 3.29. The van der Waals surface area contributed by atoms with Crippen molar-refractivity contribution in [3.63, 3.8) is 0 Å². The first-order valence-electron chi connectivity index (χ1n) is 6.57. The number of nitrogens with one attached hydrogen (secondary N) is 1. The van der Waals surface area contributed by atoms with E-state index in [4.69, 9.17) is 11.6 Å². The third kappa shape index (κ3) is 2.38. The minimum absolute atomic E-state index is 0.444. The maximum absolute atomic E-state index is 6.12. The van der Waals surface area contributed by atoms with E-state index >= 15 is 0 Å². The molecule has 1 N–H and O–H groups in total. The Hall–Kier alpha value is -1.39. The van der Waals surface area contributed by atoms with Crippen LogP contribution in [0.3, 0.4) is 0 Å². The third-order valence-electron chi connectivity index (χ3n) is 3.48. The van der Waals surface area contributed by atoms with Crippen LogP contribution < -0.4 is 10.2 Å². The SMILES string of the molecule is C[C@@H]1CN(c2nnc(Cl)c3ccccc23)C[C@H](C)N1. The van der Waals surface area contributed by atoms with Gasteiger partial charge in [0.25, 0.3) is 0 Å². The van der Waals surface area contributed by atoms with Crippen LogP contribution in [0.4, 0.5) is 5.82 Å². The van der Waals surface area contributed by atoms with Gasteiger partial charge in [0.1, 0.15) is 0 Å². The van der Waals surface area contributed by atoms with Crippen LogP contribution in [-0.4, -0.2) is 35.4 Å². The number of anilines is 1. The van der Waals surface area contributed by atoms with Gasteiger partial charge in [-0.15, -0.1) is 10.2 Å². The fourth-order valence-electron chi connectivity index (χ4n) is 2.79. The lowest BCUT2D eigenvalue weighted by molar-refractivity contribution is 0.405. The molecule has 0 saturated carbocycles. The van der Waals surface area contributed by atoms with Crippen molar-refractivity contribution in [2.24, 2.45) is 0 Å². The van der Waals surface area contributed by atoms with Gasteiger partial charge in [-0.25, -0.2) is 0 Å². The van der Waals surface area contributed by atoms with E-state index < -0.39 is 0 Å². The van der Waals surface area contributed by atoms with E-state index in [2.05, 4.69) is 40.3 Å². The molecule has 2 heterocycles. The lowest BCUT2D eigenvalue weighted by Crippen LogP contribution is -2.54. The summed E-state index contributed by atoms with van der Waals surface area (Å²) in [7, 11) is 0. The summed E-state index contributed by atoms with van der Waals surface area (Å²) in [5.41, 5.74) is 0. The predicted octanol–water partition coefficient (Wildman–Crippen LogP) is 2.47. The molecule has 1 saturated heterocycles. The molecule has 2 aromatic rings. The lowest BCUT2D eigenvalue weighted by Gasteiger charge is -2.37. The summed E-state index contributed by atoms with van der Waals surface area (Å²) in [5.74, 6) is 0.931. The second-order valence-corrected chi connectivity index (χ2v) is 5.59. The first-order valence-corrected chi connectivity index (χ1v) is 6.95. The maximum atomic E-state index is 6.12. The van der Waals surface area contributed by atoms with Gasteiger partial charge in [0.15, 0.2) is 11.0 Å². The van der Waals surface area contributed by atoms with E-state index in [9.17, 15) is 0 Å². The molecular formula is C14H17ClN4. The van der Waals surface area contributed by atoms with Crippen LogP contribution in [0.1, 0.15) is 13.8 Å². The van der Waals surface area contributed by atoms with Crippen molar-refractivity contribution in [2.45, 2.75) is 25.9 Å². The molecule has 100 valence electrons. The molecule has 5 heteroatoms. The highest BCUT2D eigenvalue weighted by Crippen LogP contribution is 2.28. The fraction of sp³-hybridized carbons (Fsp3) is 0.429. The average Bonchev–Trinajstić information content (AvgIpc) is 2.38. The second-order valence-electron chi connectivity index (χ2n) is 5.23. The van der Waals surface area contributed by atoms with Crippen LogP contribution in [0.5, 0.6) is 0 Å². The van der Waals surface area contributed by atoms with Crippen LogP contribution in [0.15, 0.2) is 24.3 Å². The monoisotopic (exact) mass is 276 g/mol. The molecule has 0 unspecified atom stereocenters. The van der Waals surface area contributed by atoms with Gasteiger partial charge in [-0.05, 0) is 13.8 Å². The minimum Gasteiger partial charge on any atom is -0.352 e. The Balaban J connectivity index is 2.07. The van der Waals surface area contributed by atoms with Crippen molar-refractivity contribution < 1.29 is 0 Å². The van der Waals surface area contributed by atoms with Crippen LogP contribution in [0.25, 0.3) is 10.8 Å². The summed E-state index contributed by atoms with van der Waals surface area (Å²) in [4.78, 5) is 2.29. The van der Waals surface area contributed by atoms with Gasteiger partial charge in [-0.3, -0.25) is 0 Å². The predicted molar refractivity (Wildman–Crippen MR) is 78.8 cm³/mol. The fourth-order valence-corrected chi connectivity index (χ4v) is 2.99. The van der Waals surface area contributed by atoms with E-state index in [-0.39, 0.29) is 0 Å². The van der Waals surface area contributed by atoms with Crippen LogP contribution in [0, 0.1) is 0 Å². The molecule has 4 nitrogen and oxygen atoms in total. The van der Waals surface area contributed by atoms with Crippen LogP contribution in [-0.2, 0) is 0 Å². The van der Waals surface area contributed by atoms with E-state index in [1.54, 1.807) is 0 Å². The molecule has 0 spiro atoms. The molecular weight excluding hydrogens is 260 g/mol. The molecule has 1 aromatic heterocycles. The molecule has 2 atom stereocenters. The highest BCUT2D eigenvalue weighted by atomic mass is 35.5. The summed E-state index contributed by atoms with van der Waals surface area (Å²) >= 11 is 6.12. The summed E-state index contributed by atoms with van der Waals surface area (Å²) in [6.45, 7) is 6.25. The van der Waals surface area contributed by atoms with E-state index in [1.807, 2.05) is 18.2 Å². The van der Waals surface area contributed by atoms with Gasteiger partial charge in [-0.1, -0.05) is 35.9 Å². The number of rotatable bonds is 1. The quantitative estimate of drug-likeness (QED) is 0.869. The number of hydrogen-bond acceptors (Lipinski definition) is 4.